The number of hydrogen-bond acceptors (Lipinski definition) is 6. The van der Waals surface area contributed by atoms with Crippen LogP contribution in [-0.4, -0.2) is 32.3 Å². The van der Waals surface area contributed by atoms with Gasteiger partial charge in [-0.05, 0) is 44.2 Å². The predicted molar refractivity (Wildman–Crippen MR) is 120 cm³/mol. The molecule has 2 heterocycles. The highest BCUT2D eigenvalue weighted by atomic mass is 32.2. The van der Waals surface area contributed by atoms with Crippen molar-refractivity contribution in [1.82, 2.24) is 14.8 Å². The third kappa shape index (κ3) is 4.13. The molecule has 156 valence electrons. The fourth-order valence-corrected chi connectivity index (χ4v) is 5.71. The molecule has 0 aliphatic heterocycles. The van der Waals surface area contributed by atoms with Gasteiger partial charge in [-0.25, -0.2) is 0 Å². The minimum absolute atomic E-state index is 0.167. The van der Waals surface area contributed by atoms with E-state index in [-0.39, 0.29) is 11.7 Å². The number of anilines is 1. The van der Waals surface area contributed by atoms with Crippen LogP contribution in [0.25, 0.3) is 11.4 Å². The van der Waals surface area contributed by atoms with Gasteiger partial charge in [-0.15, -0.1) is 21.5 Å². The van der Waals surface area contributed by atoms with E-state index >= 15 is 0 Å². The van der Waals surface area contributed by atoms with Gasteiger partial charge in [0.1, 0.15) is 5.00 Å². The van der Waals surface area contributed by atoms with Crippen LogP contribution in [0.4, 0.5) is 5.00 Å². The van der Waals surface area contributed by atoms with Crippen LogP contribution in [-0.2, 0) is 24.7 Å². The molecule has 0 radical (unpaired) electrons. The molecule has 2 amide bonds. The molecule has 3 aromatic rings. The molecule has 1 aromatic carbocycles. The van der Waals surface area contributed by atoms with Crippen LogP contribution in [0.1, 0.15) is 39.2 Å². The molecule has 0 atom stereocenters. The van der Waals surface area contributed by atoms with Crippen LogP contribution in [0.5, 0.6) is 0 Å². The molecule has 4 rings (SSSR count). The number of rotatable bonds is 6. The third-order valence-electron chi connectivity index (χ3n) is 5.11. The molecule has 0 unspecified atom stereocenters. The second-order valence-electron chi connectivity index (χ2n) is 7.35. The highest BCUT2D eigenvalue weighted by Crippen LogP contribution is 2.38. The Morgan fingerprint density at radius 2 is 2.07 bits per heavy atom. The van der Waals surface area contributed by atoms with Gasteiger partial charge in [0.05, 0.1) is 11.3 Å². The Morgan fingerprint density at radius 1 is 1.27 bits per heavy atom. The summed E-state index contributed by atoms with van der Waals surface area (Å²) in [6.45, 7) is 2.03. The number of aryl methyl sites for hydroxylation is 2. The maximum absolute atomic E-state index is 12.6. The SMILES string of the molecule is Cc1cccc(-c2nnc(SCC(=O)Nc3sc4c(c3C(N)=O)CCCC4)n2C)c1. The smallest absolute Gasteiger partial charge is 0.251 e. The van der Waals surface area contributed by atoms with Gasteiger partial charge in [0.15, 0.2) is 11.0 Å². The van der Waals surface area contributed by atoms with Crippen LogP contribution in [0, 0.1) is 6.92 Å². The first-order chi connectivity index (χ1) is 14.4. The molecule has 0 spiro atoms. The summed E-state index contributed by atoms with van der Waals surface area (Å²) in [6.07, 6.45) is 3.92. The summed E-state index contributed by atoms with van der Waals surface area (Å²) in [6, 6.07) is 8.05. The number of benzene rings is 1. The van der Waals surface area contributed by atoms with Gasteiger partial charge >= 0.3 is 0 Å². The van der Waals surface area contributed by atoms with Crippen molar-refractivity contribution in [2.45, 2.75) is 37.8 Å². The second-order valence-corrected chi connectivity index (χ2v) is 9.40. The van der Waals surface area contributed by atoms with Gasteiger partial charge in [-0.3, -0.25) is 9.59 Å². The summed E-state index contributed by atoms with van der Waals surface area (Å²) in [7, 11) is 1.89. The number of nitrogens with zero attached hydrogens (tertiary/aromatic N) is 3. The number of primary amides is 1. The molecule has 0 saturated heterocycles. The van der Waals surface area contributed by atoms with E-state index in [0.29, 0.717) is 15.7 Å². The van der Waals surface area contributed by atoms with E-state index in [4.69, 9.17) is 5.73 Å². The summed E-state index contributed by atoms with van der Waals surface area (Å²) in [5.41, 5.74) is 9.22. The number of amides is 2. The first-order valence-corrected chi connectivity index (χ1v) is 11.6. The fraction of sp³-hybridized carbons (Fsp3) is 0.333. The van der Waals surface area contributed by atoms with Gasteiger partial charge in [0.2, 0.25) is 5.91 Å². The van der Waals surface area contributed by atoms with Gasteiger partial charge in [-0.2, -0.15) is 0 Å². The van der Waals surface area contributed by atoms with E-state index in [0.717, 1.165) is 53.1 Å². The molecule has 0 bridgehead atoms. The lowest BCUT2D eigenvalue weighted by Gasteiger charge is -2.11. The Balaban J connectivity index is 1.45. The Hall–Kier alpha value is -2.65. The van der Waals surface area contributed by atoms with E-state index in [1.165, 1.54) is 23.1 Å². The minimum Gasteiger partial charge on any atom is -0.365 e. The van der Waals surface area contributed by atoms with E-state index < -0.39 is 5.91 Å². The number of carbonyl (C=O) groups excluding carboxylic acids is 2. The maximum Gasteiger partial charge on any atom is 0.251 e. The standard InChI is InChI=1S/C21H23N5O2S2/c1-12-6-5-7-13(10-12)19-24-25-21(26(19)2)29-11-16(27)23-20-17(18(22)28)14-8-3-4-9-15(14)30-20/h5-7,10H,3-4,8-9,11H2,1-2H3,(H2,22,28)(H,23,27). The third-order valence-corrected chi connectivity index (χ3v) is 7.34. The largest absolute Gasteiger partial charge is 0.365 e. The molecule has 7 nitrogen and oxygen atoms in total. The average molecular weight is 442 g/mol. The average Bonchev–Trinajstić information content (AvgIpc) is 3.26. The topological polar surface area (TPSA) is 103 Å². The number of thiophene rings is 1. The molecular formula is C21H23N5O2S2. The summed E-state index contributed by atoms with van der Waals surface area (Å²) in [5, 5.41) is 12.6. The van der Waals surface area contributed by atoms with Gasteiger partial charge in [-0.1, -0.05) is 35.5 Å². The Labute approximate surface area is 183 Å². The number of carbonyl (C=O) groups is 2. The second kappa shape index (κ2) is 8.61. The zero-order chi connectivity index (χ0) is 21.3. The monoisotopic (exact) mass is 441 g/mol. The molecule has 0 saturated carbocycles. The fourth-order valence-electron chi connectivity index (χ4n) is 3.68. The van der Waals surface area contributed by atoms with Crippen molar-refractivity contribution in [2.24, 2.45) is 12.8 Å². The van der Waals surface area contributed by atoms with E-state index in [1.54, 1.807) is 0 Å². The normalized spacial score (nSPS) is 13.1. The molecule has 1 aliphatic carbocycles. The van der Waals surface area contributed by atoms with E-state index in [2.05, 4.69) is 21.6 Å². The van der Waals surface area contributed by atoms with Gasteiger partial charge in [0, 0.05) is 17.5 Å². The van der Waals surface area contributed by atoms with Crippen molar-refractivity contribution < 1.29 is 9.59 Å². The lowest BCUT2D eigenvalue weighted by atomic mass is 9.95. The first-order valence-electron chi connectivity index (χ1n) is 9.77. The van der Waals surface area contributed by atoms with Crippen molar-refractivity contribution in [3.63, 3.8) is 0 Å². The Kier molecular flexibility index (Phi) is 5.92. The number of fused-ring (bicyclic) bond motifs is 1. The van der Waals surface area contributed by atoms with Crippen LogP contribution >= 0.6 is 23.1 Å². The van der Waals surface area contributed by atoms with Crippen molar-refractivity contribution >= 4 is 39.9 Å². The summed E-state index contributed by atoms with van der Waals surface area (Å²) >= 11 is 2.78. The quantitative estimate of drug-likeness (QED) is 0.570. The molecular weight excluding hydrogens is 418 g/mol. The molecule has 2 aromatic heterocycles. The summed E-state index contributed by atoms with van der Waals surface area (Å²) < 4.78 is 1.88. The number of thioether (sulfide) groups is 1. The van der Waals surface area contributed by atoms with Crippen molar-refractivity contribution in [1.29, 1.82) is 0 Å². The van der Waals surface area contributed by atoms with Crippen LogP contribution in [0.15, 0.2) is 29.4 Å². The lowest BCUT2D eigenvalue weighted by Crippen LogP contribution is -2.19. The van der Waals surface area contributed by atoms with Crippen LogP contribution in [0.3, 0.4) is 0 Å². The number of hydrogen-bond donors (Lipinski definition) is 2. The molecule has 3 N–H and O–H groups in total. The zero-order valence-corrected chi connectivity index (χ0v) is 18.5. The number of nitrogens with two attached hydrogens (primary N) is 1. The zero-order valence-electron chi connectivity index (χ0n) is 16.9. The van der Waals surface area contributed by atoms with Crippen molar-refractivity contribution in [2.75, 3.05) is 11.1 Å². The van der Waals surface area contributed by atoms with Gasteiger partial charge < -0.3 is 15.6 Å². The first kappa shape index (κ1) is 20.6. The molecule has 30 heavy (non-hydrogen) atoms. The van der Waals surface area contributed by atoms with Crippen molar-refractivity contribution in [3.05, 3.63) is 45.8 Å². The summed E-state index contributed by atoms with van der Waals surface area (Å²) in [4.78, 5) is 25.7. The molecule has 0 fully saturated rings. The lowest BCUT2D eigenvalue weighted by molar-refractivity contribution is -0.113. The molecule has 9 heteroatoms. The van der Waals surface area contributed by atoms with Crippen LogP contribution < -0.4 is 11.1 Å². The number of nitrogens with one attached hydrogen (secondary N) is 1. The minimum atomic E-state index is -0.478. The van der Waals surface area contributed by atoms with Gasteiger partial charge in [0.25, 0.3) is 5.91 Å². The van der Waals surface area contributed by atoms with E-state index in [9.17, 15) is 9.59 Å². The number of aromatic nitrogens is 3. The Morgan fingerprint density at radius 3 is 2.83 bits per heavy atom. The Bertz CT molecular complexity index is 1120. The maximum atomic E-state index is 12.6. The van der Waals surface area contributed by atoms with E-state index in [1.807, 2.05) is 36.7 Å². The predicted octanol–water partition coefficient (Wildman–Crippen LogP) is 3.56. The molecule has 1 aliphatic rings. The summed E-state index contributed by atoms with van der Waals surface area (Å²) in [5.74, 6) is 0.249. The highest BCUT2D eigenvalue weighted by Gasteiger charge is 2.25. The van der Waals surface area contributed by atoms with Crippen LogP contribution in [0.2, 0.25) is 0 Å². The highest BCUT2D eigenvalue weighted by molar-refractivity contribution is 7.99. The van der Waals surface area contributed by atoms with Crippen molar-refractivity contribution in [3.8, 4) is 11.4 Å².